The zero-order valence-electron chi connectivity index (χ0n) is 19.0. The molecule has 0 aliphatic rings. The van der Waals surface area contributed by atoms with Crippen molar-refractivity contribution in [2.45, 2.75) is 32.9 Å². The second-order valence-electron chi connectivity index (χ2n) is 8.01. The van der Waals surface area contributed by atoms with Gasteiger partial charge in [-0.1, -0.05) is 34.5 Å². The van der Waals surface area contributed by atoms with Gasteiger partial charge in [0.2, 0.25) is 5.91 Å². The van der Waals surface area contributed by atoms with Gasteiger partial charge in [-0.15, -0.1) is 5.10 Å². The highest BCUT2D eigenvalue weighted by Gasteiger charge is 2.07. The van der Waals surface area contributed by atoms with Gasteiger partial charge in [0.05, 0.1) is 11.7 Å². The van der Waals surface area contributed by atoms with Crippen LogP contribution in [0.25, 0.3) is 10.9 Å². The normalized spacial score (nSPS) is 10.9. The van der Waals surface area contributed by atoms with Crippen molar-refractivity contribution in [3.63, 3.8) is 0 Å². The van der Waals surface area contributed by atoms with E-state index in [0.717, 1.165) is 41.7 Å². The van der Waals surface area contributed by atoms with E-state index in [2.05, 4.69) is 25.9 Å². The van der Waals surface area contributed by atoms with E-state index in [-0.39, 0.29) is 12.5 Å². The number of pyridine rings is 1. The number of aromatic nitrogens is 4. The number of hydrogen-bond acceptors (Lipinski definition) is 6. The lowest BCUT2D eigenvalue weighted by Crippen LogP contribution is -2.28. The van der Waals surface area contributed by atoms with E-state index < -0.39 is 0 Å². The lowest BCUT2D eigenvalue weighted by Gasteiger charge is -2.10. The molecule has 0 atom stereocenters. The first kappa shape index (κ1) is 23.5. The van der Waals surface area contributed by atoms with E-state index >= 15 is 0 Å². The van der Waals surface area contributed by atoms with Crippen LogP contribution in [0.5, 0.6) is 5.75 Å². The van der Waals surface area contributed by atoms with Crippen molar-refractivity contribution in [3.05, 3.63) is 77.2 Å². The molecule has 8 nitrogen and oxygen atoms in total. The minimum absolute atomic E-state index is 0.0964. The summed E-state index contributed by atoms with van der Waals surface area (Å²) in [5.74, 6) is 0.676. The van der Waals surface area contributed by atoms with Crippen LogP contribution in [0.15, 0.2) is 60.9 Å². The van der Waals surface area contributed by atoms with Crippen LogP contribution < -0.4 is 15.4 Å². The SMILES string of the molecule is Cc1ccc(OCc2cn(CC(=O)NCCCCNc3ccnc4cc(Cl)ccc34)nn2)cc1. The van der Waals surface area contributed by atoms with Gasteiger partial charge in [-0.05, 0) is 56.2 Å². The van der Waals surface area contributed by atoms with Gasteiger partial charge in [0.15, 0.2) is 0 Å². The molecule has 0 saturated heterocycles. The van der Waals surface area contributed by atoms with E-state index in [1.807, 2.05) is 55.5 Å². The monoisotopic (exact) mass is 478 g/mol. The second kappa shape index (κ2) is 11.5. The van der Waals surface area contributed by atoms with E-state index in [1.165, 1.54) is 10.2 Å². The smallest absolute Gasteiger partial charge is 0.241 e. The number of nitrogens with one attached hydrogen (secondary N) is 2. The number of ether oxygens (including phenoxy) is 1. The third-order valence-electron chi connectivity index (χ3n) is 5.25. The van der Waals surface area contributed by atoms with Crippen LogP contribution >= 0.6 is 11.6 Å². The van der Waals surface area contributed by atoms with Gasteiger partial charge in [-0.25, -0.2) is 4.68 Å². The molecule has 0 fully saturated rings. The molecule has 4 aromatic rings. The van der Waals surface area contributed by atoms with Crippen LogP contribution in [0.3, 0.4) is 0 Å². The van der Waals surface area contributed by atoms with Crippen molar-refractivity contribution in [2.24, 2.45) is 0 Å². The van der Waals surface area contributed by atoms with Crippen LogP contribution in [0.1, 0.15) is 24.1 Å². The molecule has 2 heterocycles. The van der Waals surface area contributed by atoms with Gasteiger partial charge in [-0.2, -0.15) is 0 Å². The van der Waals surface area contributed by atoms with Crippen molar-refractivity contribution in [3.8, 4) is 5.75 Å². The van der Waals surface area contributed by atoms with Crippen LogP contribution in [0, 0.1) is 6.92 Å². The van der Waals surface area contributed by atoms with Crippen LogP contribution in [-0.2, 0) is 17.9 Å². The van der Waals surface area contributed by atoms with Crippen LogP contribution in [0.4, 0.5) is 5.69 Å². The summed E-state index contributed by atoms with van der Waals surface area (Å²) in [6.45, 7) is 3.85. The largest absolute Gasteiger partial charge is 0.487 e. The minimum atomic E-state index is -0.0964. The van der Waals surface area contributed by atoms with Gasteiger partial charge in [0.25, 0.3) is 0 Å². The number of aryl methyl sites for hydroxylation is 1. The quantitative estimate of drug-likeness (QED) is 0.311. The standard InChI is InChI=1S/C25H27ClN6O2/c1-18-4-7-21(8-5-18)34-17-20-15-32(31-30-20)16-25(33)29-12-3-2-11-27-23-10-13-28-24-14-19(26)6-9-22(23)24/h4-10,13-15H,2-3,11-12,16-17H2,1H3,(H,27,28)(H,29,33). The fraction of sp³-hybridized carbons (Fsp3) is 0.280. The Bertz CT molecular complexity index is 1240. The number of carbonyl (C=O) groups is 1. The number of carbonyl (C=O) groups excluding carboxylic acids is 1. The summed E-state index contributed by atoms with van der Waals surface area (Å²) < 4.78 is 7.22. The van der Waals surface area contributed by atoms with Crippen molar-refractivity contribution in [2.75, 3.05) is 18.4 Å². The van der Waals surface area contributed by atoms with E-state index in [1.54, 1.807) is 12.4 Å². The minimum Gasteiger partial charge on any atom is -0.487 e. The summed E-state index contributed by atoms with van der Waals surface area (Å²) in [6.07, 6.45) is 5.28. The number of nitrogens with zero attached hydrogens (tertiary/aromatic N) is 4. The first-order valence-corrected chi connectivity index (χ1v) is 11.6. The number of unbranched alkanes of at least 4 members (excludes halogenated alkanes) is 1. The summed E-state index contributed by atoms with van der Waals surface area (Å²) >= 11 is 6.04. The van der Waals surface area contributed by atoms with Crippen molar-refractivity contribution in [1.29, 1.82) is 0 Å². The maximum atomic E-state index is 12.2. The molecule has 2 aromatic carbocycles. The number of halogens is 1. The molecule has 1 amide bonds. The highest BCUT2D eigenvalue weighted by atomic mass is 35.5. The fourth-order valence-electron chi connectivity index (χ4n) is 3.45. The number of rotatable bonds is 11. The van der Waals surface area contributed by atoms with Gasteiger partial charge in [0.1, 0.15) is 24.6 Å². The lowest BCUT2D eigenvalue weighted by atomic mass is 10.2. The Kier molecular flexibility index (Phi) is 7.93. The van der Waals surface area contributed by atoms with Crippen LogP contribution in [-0.4, -0.2) is 39.0 Å². The molecular weight excluding hydrogens is 452 g/mol. The van der Waals surface area contributed by atoms with Gasteiger partial charge in [0, 0.05) is 35.4 Å². The highest BCUT2D eigenvalue weighted by Crippen LogP contribution is 2.24. The van der Waals surface area contributed by atoms with E-state index in [0.29, 0.717) is 23.9 Å². The molecule has 0 aliphatic carbocycles. The molecule has 0 saturated carbocycles. The average molecular weight is 479 g/mol. The highest BCUT2D eigenvalue weighted by molar-refractivity contribution is 6.31. The molecule has 2 aromatic heterocycles. The fourth-order valence-corrected chi connectivity index (χ4v) is 3.62. The molecule has 176 valence electrons. The lowest BCUT2D eigenvalue weighted by molar-refractivity contribution is -0.121. The Hall–Kier alpha value is -3.65. The Balaban J connectivity index is 1.13. The van der Waals surface area contributed by atoms with Gasteiger partial charge >= 0.3 is 0 Å². The first-order valence-electron chi connectivity index (χ1n) is 11.2. The van der Waals surface area contributed by atoms with Crippen LogP contribution in [0.2, 0.25) is 5.02 Å². The molecular formula is C25H27ClN6O2. The number of fused-ring (bicyclic) bond motifs is 1. The number of amides is 1. The predicted octanol–water partition coefficient (Wildman–Crippen LogP) is 4.38. The molecule has 34 heavy (non-hydrogen) atoms. The predicted molar refractivity (Wildman–Crippen MR) is 133 cm³/mol. The zero-order chi connectivity index (χ0) is 23.8. The Morgan fingerprint density at radius 1 is 1.09 bits per heavy atom. The molecule has 2 N–H and O–H groups in total. The van der Waals surface area contributed by atoms with Gasteiger partial charge < -0.3 is 15.4 Å². The topological polar surface area (TPSA) is 94.0 Å². The summed E-state index contributed by atoms with van der Waals surface area (Å²) in [5, 5.41) is 16.1. The first-order chi connectivity index (χ1) is 16.6. The van der Waals surface area contributed by atoms with Crippen molar-refractivity contribution in [1.82, 2.24) is 25.3 Å². The Morgan fingerprint density at radius 3 is 2.76 bits per heavy atom. The molecule has 9 heteroatoms. The number of benzene rings is 2. The Morgan fingerprint density at radius 2 is 1.91 bits per heavy atom. The molecule has 0 unspecified atom stereocenters. The van der Waals surface area contributed by atoms with E-state index in [9.17, 15) is 4.79 Å². The second-order valence-corrected chi connectivity index (χ2v) is 8.45. The summed E-state index contributed by atoms with van der Waals surface area (Å²) in [7, 11) is 0. The van der Waals surface area contributed by atoms with E-state index in [4.69, 9.17) is 16.3 Å². The molecule has 0 bridgehead atoms. The number of hydrogen-bond donors (Lipinski definition) is 2. The molecule has 4 rings (SSSR count). The molecule has 0 spiro atoms. The van der Waals surface area contributed by atoms with Crippen molar-refractivity contribution >= 4 is 34.1 Å². The zero-order valence-corrected chi connectivity index (χ0v) is 19.8. The van der Waals surface area contributed by atoms with Gasteiger partial charge in [-0.3, -0.25) is 9.78 Å². The Labute approximate surface area is 203 Å². The summed E-state index contributed by atoms with van der Waals surface area (Å²) in [4.78, 5) is 16.5. The third kappa shape index (κ3) is 6.68. The molecule has 0 radical (unpaired) electrons. The van der Waals surface area contributed by atoms with Crippen molar-refractivity contribution < 1.29 is 9.53 Å². The maximum absolute atomic E-state index is 12.2. The number of anilines is 1. The summed E-state index contributed by atoms with van der Waals surface area (Å²) in [5.41, 5.74) is 3.74. The molecule has 0 aliphatic heterocycles. The summed E-state index contributed by atoms with van der Waals surface area (Å²) in [6, 6.07) is 15.5. The maximum Gasteiger partial charge on any atom is 0.241 e. The third-order valence-corrected chi connectivity index (χ3v) is 5.48. The average Bonchev–Trinajstić information content (AvgIpc) is 3.28.